The lowest BCUT2D eigenvalue weighted by Gasteiger charge is -2.26. The van der Waals surface area contributed by atoms with Crippen LogP contribution >= 0.6 is 0 Å². The van der Waals surface area contributed by atoms with Gasteiger partial charge in [0.15, 0.2) is 0 Å². The molecule has 0 aliphatic carbocycles. The number of ether oxygens (including phenoxy) is 1. The summed E-state index contributed by atoms with van der Waals surface area (Å²) < 4.78 is 20.4. The van der Waals surface area contributed by atoms with Gasteiger partial charge >= 0.3 is 5.97 Å². The molecule has 1 aliphatic rings. The van der Waals surface area contributed by atoms with Crippen LogP contribution in [0.25, 0.3) is 0 Å². The molecule has 5 nitrogen and oxygen atoms in total. The second-order valence-corrected chi connectivity index (χ2v) is 7.03. The molecule has 0 radical (unpaired) electrons. The average molecular weight is 371 g/mol. The molecule has 2 unspecified atom stereocenters. The number of amides is 1. The number of anilines is 1. The molecule has 0 fully saturated rings. The van der Waals surface area contributed by atoms with Crippen molar-refractivity contribution in [3.8, 4) is 0 Å². The van der Waals surface area contributed by atoms with Crippen LogP contribution in [0, 0.1) is 11.7 Å². The second kappa shape index (κ2) is 7.88. The van der Waals surface area contributed by atoms with Crippen molar-refractivity contribution in [1.29, 1.82) is 0 Å². The van der Waals surface area contributed by atoms with Crippen molar-refractivity contribution in [2.75, 3.05) is 11.4 Å². The molecule has 27 heavy (non-hydrogen) atoms. The van der Waals surface area contributed by atoms with E-state index in [9.17, 15) is 19.1 Å². The lowest BCUT2D eigenvalue weighted by molar-refractivity contribution is -0.147. The molecule has 0 bridgehead atoms. The van der Waals surface area contributed by atoms with Crippen LogP contribution in [0.3, 0.4) is 0 Å². The van der Waals surface area contributed by atoms with E-state index < -0.39 is 36.3 Å². The van der Waals surface area contributed by atoms with Gasteiger partial charge in [-0.15, -0.1) is 0 Å². The summed E-state index contributed by atoms with van der Waals surface area (Å²) in [6, 6.07) is 13.4. The highest BCUT2D eigenvalue weighted by Gasteiger charge is 2.38. The predicted octanol–water partition coefficient (Wildman–Crippen LogP) is 3.78. The molecule has 2 aromatic rings. The Balaban J connectivity index is 2.16. The standard InChI is InChI=1S/C21H22FNO4/c1-13(2)12-23-17-10-6-4-8-15(17)20(14-7-3-5-9-16(14)22)27-18(21(23)26)11-19(24)25/h3-10,13,18,20H,11-12H2,1-2H3,(H,24,25). The van der Waals surface area contributed by atoms with Gasteiger partial charge in [-0.1, -0.05) is 50.2 Å². The summed E-state index contributed by atoms with van der Waals surface area (Å²) >= 11 is 0. The number of rotatable bonds is 5. The summed E-state index contributed by atoms with van der Waals surface area (Å²) in [4.78, 5) is 26.0. The average Bonchev–Trinajstić information content (AvgIpc) is 2.72. The van der Waals surface area contributed by atoms with E-state index in [0.717, 1.165) is 0 Å². The summed E-state index contributed by atoms with van der Waals surface area (Å²) in [6.07, 6.45) is -2.54. The van der Waals surface area contributed by atoms with Gasteiger partial charge in [-0.05, 0) is 18.1 Å². The number of halogens is 1. The Morgan fingerprint density at radius 3 is 2.41 bits per heavy atom. The number of carboxylic acid groups (broad SMARTS) is 1. The van der Waals surface area contributed by atoms with Crippen molar-refractivity contribution in [2.45, 2.75) is 32.5 Å². The number of carboxylic acids is 1. The third-order valence-electron chi connectivity index (χ3n) is 4.45. The summed E-state index contributed by atoms with van der Waals surface area (Å²) in [5.74, 6) is -1.86. The van der Waals surface area contributed by atoms with E-state index in [-0.39, 0.29) is 11.5 Å². The Labute approximate surface area is 157 Å². The highest BCUT2D eigenvalue weighted by Crippen LogP contribution is 2.39. The zero-order valence-corrected chi connectivity index (χ0v) is 15.3. The molecule has 142 valence electrons. The van der Waals surface area contributed by atoms with Crippen molar-refractivity contribution in [3.05, 3.63) is 65.5 Å². The van der Waals surface area contributed by atoms with Gasteiger partial charge in [0, 0.05) is 23.4 Å². The van der Waals surface area contributed by atoms with Gasteiger partial charge in [-0.3, -0.25) is 9.59 Å². The SMILES string of the molecule is CC(C)CN1C(=O)C(CC(=O)O)OC(c2ccccc2F)c2ccccc21. The molecule has 1 heterocycles. The monoisotopic (exact) mass is 371 g/mol. The normalized spacial score (nSPS) is 19.7. The van der Waals surface area contributed by atoms with E-state index in [4.69, 9.17) is 4.74 Å². The molecule has 0 spiro atoms. The van der Waals surface area contributed by atoms with Crippen LogP contribution in [0.2, 0.25) is 0 Å². The molecule has 1 amide bonds. The number of carbonyl (C=O) groups is 2. The van der Waals surface area contributed by atoms with Crippen molar-refractivity contribution in [1.82, 2.24) is 0 Å². The topological polar surface area (TPSA) is 66.8 Å². The molecular weight excluding hydrogens is 349 g/mol. The lowest BCUT2D eigenvalue weighted by Crippen LogP contribution is -2.42. The number of nitrogens with zero attached hydrogens (tertiary/aromatic N) is 1. The van der Waals surface area contributed by atoms with Crippen LogP contribution in [0.5, 0.6) is 0 Å². The van der Waals surface area contributed by atoms with Crippen LogP contribution in [-0.2, 0) is 14.3 Å². The van der Waals surface area contributed by atoms with Crippen LogP contribution in [0.4, 0.5) is 10.1 Å². The van der Waals surface area contributed by atoms with E-state index in [2.05, 4.69) is 0 Å². The second-order valence-electron chi connectivity index (χ2n) is 7.03. The number of hydrogen-bond acceptors (Lipinski definition) is 3. The summed E-state index contributed by atoms with van der Waals surface area (Å²) in [6.45, 7) is 4.36. The Morgan fingerprint density at radius 1 is 1.15 bits per heavy atom. The minimum Gasteiger partial charge on any atom is -0.481 e. The first-order valence-electron chi connectivity index (χ1n) is 8.90. The van der Waals surface area contributed by atoms with Crippen LogP contribution in [0.15, 0.2) is 48.5 Å². The number of aliphatic carboxylic acids is 1. The smallest absolute Gasteiger partial charge is 0.306 e. The maximum atomic E-state index is 14.5. The number of benzene rings is 2. The molecule has 0 aromatic heterocycles. The largest absolute Gasteiger partial charge is 0.481 e. The fourth-order valence-corrected chi connectivity index (χ4v) is 3.32. The number of fused-ring (bicyclic) bond motifs is 1. The highest BCUT2D eigenvalue weighted by atomic mass is 19.1. The van der Waals surface area contributed by atoms with E-state index in [1.165, 1.54) is 6.07 Å². The molecule has 3 rings (SSSR count). The van der Waals surface area contributed by atoms with Gasteiger partial charge in [-0.25, -0.2) is 4.39 Å². The summed E-state index contributed by atoms with van der Waals surface area (Å²) in [5.41, 5.74) is 1.54. The third-order valence-corrected chi connectivity index (χ3v) is 4.45. The minimum atomic E-state index is -1.20. The zero-order chi connectivity index (χ0) is 19.6. The molecular formula is C21H22FNO4. The fourth-order valence-electron chi connectivity index (χ4n) is 3.32. The van der Waals surface area contributed by atoms with E-state index in [1.807, 2.05) is 13.8 Å². The van der Waals surface area contributed by atoms with E-state index >= 15 is 0 Å². The van der Waals surface area contributed by atoms with Crippen LogP contribution in [0.1, 0.15) is 37.5 Å². The minimum absolute atomic E-state index is 0.164. The van der Waals surface area contributed by atoms with Gasteiger partial charge in [-0.2, -0.15) is 0 Å². The summed E-state index contributed by atoms with van der Waals surface area (Å²) in [7, 11) is 0. The fraction of sp³-hybridized carbons (Fsp3) is 0.333. The third kappa shape index (κ3) is 4.01. The highest BCUT2D eigenvalue weighted by molar-refractivity contribution is 5.99. The first-order chi connectivity index (χ1) is 12.9. The molecule has 0 saturated heterocycles. The van der Waals surface area contributed by atoms with Crippen molar-refractivity contribution in [2.24, 2.45) is 5.92 Å². The molecule has 1 N–H and O–H groups in total. The van der Waals surface area contributed by atoms with Gasteiger partial charge in [0.05, 0.1) is 6.42 Å². The lowest BCUT2D eigenvalue weighted by atomic mass is 9.98. The van der Waals surface area contributed by atoms with Crippen molar-refractivity contribution in [3.63, 3.8) is 0 Å². The Bertz CT molecular complexity index is 852. The first kappa shape index (κ1) is 19.0. The van der Waals surface area contributed by atoms with E-state index in [1.54, 1.807) is 47.4 Å². The molecule has 1 aliphatic heterocycles. The molecule has 2 aromatic carbocycles. The molecule has 0 saturated carbocycles. The van der Waals surface area contributed by atoms with Crippen molar-refractivity contribution < 1.29 is 23.8 Å². The van der Waals surface area contributed by atoms with Gasteiger partial charge in [0.2, 0.25) is 0 Å². The van der Waals surface area contributed by atoms with Gasteiger partial charge in [0.1, 0.15) is 18.0 Å². The quantitative estimate of drug-likeness (QED) is 0.869. The number of carbonyl (C=O) groups excluding carboxylic acids is 1. The van der Waals surface area contributed by atoms with Crippen LogP contribution < -0.4 is 4.90 Å². The van der Waals surface area contributed by atoms with Crippen molar-refractivity contribution >= 4 is 17.6 Å². The Hall–Kier alpha value is -2.73. The maximum absolute atomic E-state index is 14.5. The molecule has 6 heteroatoms. The number of para-hydroxylation sites is 1. The van der Waals surface area contributed by atoms with Gasteiger partial charge < -0.3 is 14.7 Å². The Morgan fingerprint density at radius 2 is 1.78 bits per heavy atom. The number of hydrogen-bond donors (Lipinski definition) is 1. The van der Waals surface area contributed by atoms with Crippen LogP contribution in [-0.4, -0.2) is 29.6 Å². The van der Waals surface area contributed by atoms with Gasteiger partial charge in [0.25, 0.3) is 5.91 Å². The molecule has 2 atom stereocenters. The maximum Gasteiger partial charge on any atom is 0.306 e. The summed E-state index contributed by atoms with van der Waals surface area (Å²) in [5, 5.41) is 9.25. The zero-order valence-electron chi connectivity index (χ0n) is 15.3. The predicted molar refractivity (Wildman–Crippen MR) is 99.0 cm³/mol. The first-order valence-corrected chi connectivity index (χ1v) is 8.90. The van der Waals surface area contributed by atoms with E-state index in [0.29, 0.717) is 17.8 Å². The Kier molecular flexibility index (Phi) is 5.56.